The highest BCUT2D eigenvalue weighted by atomic mass is 14.9. The molecule has 18 heavy (non-hydrogen) atoms. The Morgan fingerprint density at radius 1 is 1.33 bits per heavy atom. The number of fused-ring (bicyclic) bond motifs is 1. The normalized spacial score (nSPS) is 16.7. The number of aromatic nitrogens is 1. The number of nitrogens with two attached hydrogens (primary N) is 1. The summed E-state index contributed by atoms with van der Waals surface area (Å²) in [6.07, 6.45) is 6.46. The molecule has 3 heteroatoms. The van der Waals surface area contributed by atoms with Gasteiger partial charge >= 0.3 is 0 Å². The minimum absolute atomic E-state index is 0.745. The molecule has 2 aromatic rings. The first kappa shape index (κ1) is 11.3. The van der Waals surface area contributed by atoms with Crippen molar-refractivity contribution in [1.29, 1.82) is 0 Å². The molecule has 1 aliphatic carbocycles. The van der Waals surface area contributed by atoms with Gasteiger partial charge in [0.1, 0.15) is 0 Å². The van der Waals surface area contributed by atoms with Gasteiger partial charge in [0.15, 0.2) is 0 Å². The average molecular weight is 241 g/mol. The van der Waals surface area contributed by atoms with E-state index in [4.69, 9.17) is 5.73 Å². The fourth-order valence-electron chi connectivity index (χ4n) is 2.47. The maximum Gasteiger partial charge on any atom is 0.0437 e. The van der Waals surface area contributed by atoms with Crippen LogP contribution in [0.4, 0.5) is 11.4 Å². The summed E-state index contributed by atoms with van der Waals surface area (Å²) < 4.78 is 0. The van der Waals surface area contributed by atoms with Gasteiger partial charge in [0.2, 0.25) is 0 Å². The molecular weight excluding hydrogens is 222 g/mol. The minimum atomic E-state index is 0.745. The van der Waals surface area contributed by atoms with Gasteiger partial charge in [0.25, 0.3) is 0 Å². The number of hydrogen-bond acceptors (Lipinski definition) is 3. The SMILES string of the molecule is CC(CNc1ccc(N)c2ccncc12)C1CC1. The Kier molecular flexibility index (Phi) is 2.82. The molecule has 3 rings (SSSR count). The molecule has 94 valence electrons. The van der Waals surface area contributed by atoms with Crippen LogP contribution in [0.5, 0.6) is 0 Å². The van der Waals surface area contributed by atoms with Crippen molar-refractivity contribution in [2.24, 2.45) is 11.8 Å². The van der Waals surface area contributed by atoms with E-state index in [2.05, 4.69) is 23.3 Å². The van der Waals surface area contributed by atoms with E-state index in [-0.39, 0.29) is 0 Å². The summed E-state index contributed by atoms with van der Waals surface area (Å²) in [6, 6.07) is 5.99. The van der Waals surface area contributed by atoms with Gasteiger partial charge in [-0.15, -0.1) is 0 Å². The second-order valence-corrected chi connectivity index (χ2v) is 5.32. The topological polar surface area (TPSA) is 50.9 Å². The van der Waals surface area contributed by atoms with Crippen molar-refractivity contribution in [2.75, 3.05) is 17.6 Å². The molecule has 1 unspecified atom stereocenters. The van der Waals surface area contributed by atoms with Crippen LogP contribution in [0.15, 0.2) is 30.6 Å². The van der Waals surface area contributed by atoms with E-state index >= 15 is 0 Å². The van der Waals surface area contributed by atoms with Crippen molar-refractivity contribution in [2.45, 2.75) is 19.8 Å². The average Bonchev–Trinajstić information content (AvgIpc) is 3.22. The zero-order chi connectivity index (χ0) is 12.5. The third-order valence-corrected chi connectivity index (χ3v) is 3.89. The second kappa shape index (κ2) is 4.48. The Morgan fingerprint density at radius 2 is 2.17 bits per heavy atom. The molecule has 1 aliphatic rings. The molecule has 0 amide bonds. The van der Waals surface area contributed by atoms with Crippen molar-refractivity contribution in [3.05, 3.63) is 30.6 Å². The van der Waals surface area contributed by atoms with Gasteiger partial charge < -0.3 is 11.1 Å². The summed E-state index contributed by atoms with van der Waals surface area (Å²) in [6.45, 7) is 3.35. The summed E-state index contributed by atoms with van der Waals surface area (Å²) in [5.41, 5.74) is 7.94. The fraction of sp³-hybridized carbons (Fsp3) is 0.400. The summed E-state index contributed by atoms with van der Waals surface area (Å²) in [4.78, 5) is 4.19. The molecule has 0 radical (unpaired) electrons. The van der Waals surface area contributed by atoms with Gasteiger partial charge in [-0.25, -0.2) is 0 Å². The van der Waals surface area contributed by atoms with E-state index in [9.17, 15) is 0 Å². The molecule has 3 N–H and O–H groups in total. The standard InChI is InChI=1S/C15H19N3/c1-10(11-2-3-11)8-18-15-5-4-14(16)12-6-7-17-9-13(12)15/h4-7,9-11,18H,2-3,8,16H2,1H3. The van der Waals surface area contributed by atoms with Gasteiger partial charge in [-0.2, -0.15) is 0 Å². The van der Waals surface area contributed by atoms with E-state index in [0.29, 0.717) is 0 Å². The molecule has 0 saturated heterocycles. The molecule has 1 aromatic heterocycles. The quantitative estimate of drug-likeness (QED) is 0.808. The Balaban J connectivity index is 1.85. The molecule has 1 saturated carbocycles. The molecule has 1 aromatic carbocycles. The van der Waals surface area contributed by atoms with Crippen LogP contribution < -0.4 is 11.1 Å². The third-order valence-electron chi connectivity index (χ3n) is 3.89. The lowest BCUT2D eigenvalue weighted by Gasteiger charge is -2.15. The first-order chi connectivity index (χ1) is 8.75. The van der Waals surface area contributed by atoms with Crippen molar-refractivity contribution >= 4 is 22.1 Å². The summed E-state index contributed by atoms with van der Waals surface area (Å²) in [7, 11) is 0. The third kappa shape index (κ3) is 2.13. The lowest BCUT2D eigenvalue weighted by molar-refractivity contribution is 0.537. The van der Waals surface area contributed by atoms with Crippen molar-refractivity contribution < 1.29 is 0 Å². The fourth-order valence-corrected chi connectivity index (χ4v) is 2.47. The molecule has 1 atom stereocenters. The predicted octanol–water partition coefficient (Wildman–Crippen LogP) is 3.28. The summed E-state index contributed by atoms with van der Waals surface area (Å²) in [5.74, 6) is 1.67. The second-order valence-electron chi connectivity index (χ2n) is 5.32. The molecule has 1 heterocycles. The highest BCUT2D eigenvalue weighted by molar-refractivity contribution is 6.00. The van der Waals surface area contributed by atoms with Gasteiger partial charge in [0, 0.05) is 41.1 Å². The molecule has 0 spiro atoms. The summed E-state index contributed by atoms with van der Waals surface area (Å²) in [5, 5.41) is 5.73. The van der Waals surface area contributed by atoms with E-state index in [0.717, 1.165) is 40.5 Å². The predicted molar refractivity (Wildman–Crippen MR) is 76.5 cm³/mol. The van der Waals surface area contributed by atoms with Crippen LogP contribution in [0, 0.1) is 11.8 Å². The molecule has 0 bridgehead atoms. The van der Waals surface area contributed by atoms with Crippen LogP contribution in [-0.4, -0.2) is 11.5 Å². The number of rotatable bonds is 4. The van der Waals surface area contributed by atoms with Gasteiger partial charge in [-0.1, -0.05) is 6.92 Å². The lowest BCUT2D eigenvalue weighted by Crippen LogP contribution is -2.13. The van der Waals surface area contributed by atoms with E-state index in [1.807, 2.05) is 18.3 Å². The van der Waals surface area contributed by atoms with Crippen LogP contribution in [0.25, 0.3) is 10.8 Å². The van der Waals surface area contributed by atoms with Crippen molar-refractivity contribution in [3.8, 4) is 0 Å². The largest absolute Gasteiger partial charge is 0.398 e. The van der Waals surface area contributed by atoms with Crippen LogP contribution in [0.3, 0.4) is 0 Å². The smallest absolute Gasteiger partial charge is 0.0437 e. The van der Waals surface area contributed by atoms with Gasteiger partial charge in [-0.3, -0.25) is 4.98 Å². The number of hydrogen-bond donors (Lipinski definition) is 2. The Bertz CT molecular complexity index is 561. The first-order valence-corrected chi connectivity index (χ1v) is 6.62. The van der Waals surface area contributed by atoms with E-state index in [1.54, 1.807) is 6.20 Å². The van der Waals surface area contributed by atoms with Crippen LogP contribution in [0.1, 0.15) is 19.8 Å². The highest BCUT2D eigenvalue weighted by Gasteiger charge is 2.27. The first-order valence-electron chi connectivity index (χ1n) is 6.62. The number of nitrogen functional groups attached to an aromatic ring is 1. The molecular formula is C15H19N3. The van der Waals surface area contributed by atoms with Crippen LogP contribution in [0.2, 0.25) is 0 Å². The lowest BCUT2D eigenvalue weighted by atomic mass is 10.1. The maximum absolute atomic E-state index is 5.98. The molecule has 1 fully saturated rings. The highest BCUT2D eigenvalue weighted by Crippen LogP contribution is 2.37. The zero-order valence-electron chi connectivity index (χ0n) is 10.7. The molecule has 3 nitrogen and oxygen atoms in total. The minimum Gasteiger partial charge on any atom is -0.398 e. The Hall–Kier alpha value is -1.77. The number of nitrogens with zero attached hydrogens (tertiary/aromatic N) is 1. The van der Waals surface area contributed by atoms with Gasteiger partial charge in [0.05, 0.1) is 0 Å². The van der Waals surface area contributed by atoms with Crippen molar-refractivity contribution in [3.63, 3.8) is 0 Å². The maximum atomic E-state index is 5.98. The van der Waals surface area contributed by atoms with Gasteiger partial charge in [-0.05, 0) is 42.9 Å². The number of pyridine rings is 1. The molecule has 0 aliphatic heterocycles. The van der Waals surface area contributed by atoms with Crippen molar-refractivity contribution in [1.82, 2.24) is 4.98 Å². The van der Waals surface area contributed by atoms with Crippen LogP contribution >= 0.6 is 0 Å². The Morgan fingerprint density at radius 3 is 2.94 bits per heavy atom. The number of nitrogens with one attached hydrogen (secondary N) is 1. The number of benzene rings is 1. The Labute approximate surface area is 107 Å². The summed E-state index contributed by atoms with van der Waals surface area (Å²) >= 11 is 0. The monoisotopic (exact) mass is 241 g/mol. The number of anilines is 2. The van der Waals surface area contributed by atoms with E-state index in [1.165, 1.54) is 12.8 Å². The zero-order valence-corrected chi connectivity index (χ0v) is 10.7. The van der Waals surface area contributed by atoms with E-state index < -0.39 is 0 Å². The van der Waals surface area contributed by atoms with Crippen LogP contribution in [-0.2, 0) is 0 Å².